The number of H-pyrrole nitrogens is 1. The van der Waals surface area contributed by atoms with Crippen LogP contribution in [0.3, 0.4) is 0 Å². The number of fused-ring (bicyclic) bond motifs is 1. The van der Waals surface area contributed by atoms with E-state index in [1.54, 1.807) is 6.33 Å². The number of carboxylic acids is 1. The van der Waals surface area contributed by atoms with E-state index in [9.17, 15) is 9.90 Å². The number of aliphatic carboxylic acids is 1. The Morgan fingerprint density at radius 3 is 2.62 bits per heavy atom. The van der Waals surface area contributed by atoms with Gasteiger partial charge < -0.3 is 5.11 Å². The fraction of sp³-hybridized carbons (Fsp3) is 0.300. The van der Waals surface area contributed by atoms with E-state index in [2.05, 4.69) is 30.8 Å². The zero-order chi connectivity index (χ0) is 20.2. The smallest absolute Gasteiger partial charge is 0.307 e. The fourth-order valence-corrected chi connectivity index (χ4v) is 3.63. The quantitative estimate of drug-likeness (QED) is 0.473. The number of tetrazole rings is 1. The Morgan fingerprint density at radius 1 is 1.14 bits per heavy atom. The van der Waals surface area contributed by atoms with Crippen molar-refractivity contribution < 1.29 is 9.90 Å². The van der Waals surface area contributed by atoms with E-state index in [1.165, 1.54) is 0 Å². The molecule has 2 N–H and O–H groups in total. The molecule has 1 aromatic carbocycles. The number of hydrogen-bond donors (Lipinski definition) is 2. The van der Waals surface area contributed by atoms with Crippen molar-refractivity contribution in [3.8, 4) is 11.1 Å². The van der Waals surface area contributed by atoms with Crippen molar-refractivity contribution in [1.82, 2.24) is 35.2 Å². The number of benzene rings is 1. The van der Waals surface area contributed by atoms with Crippen LogP contribution in [0.25, 0.3) is 16.8 Å². The number of aromatic nitrogens is 7. The first-order valence-corrected chi connectivity index (χ1v) is 9.50. The first kappa shape index (κ1) is 18.7. The van der Waals surface area contributed by atoms with Crippen LogP contribution < -0.4 is 0 Å². The molecule has 0 amide bonds. The summed E-state index contributed by atoms with van der Waals surface area (Å²) in [5.41, 5.74) is 3.93. The molecule has 0 fully saturated rings. The standard InChI is InChI=1S/C20H21N7O2/c1-2-3-16(20(28)29)17(19-23-25-26-24-19)10-13-4-6-14(7-5-13)15-8-9-18-22-21-12-27(18)11-15/h4-9,11-12,16-17H,2-3,10H2,1H3,(H,28,29)(H,23,24,25,26). The van der Waals surface area contributed by atoms with Gasteiger partial charge in [0.05, 0.1) is 5.92 Å². The fourth-order valence-electron chi connectivity index (χ4n) is 3.63. The molecule has 2 unspecified atom stereocenters. The summed E-state index contributed by atoms with van der Waals surface area (Å²) in [6.45, 7) is 1.98. The normalized spacial score (nSPS) is 13.4. The average molecular weight is 391 g/mol. The minimum atomic E-state index is -0.833. The molecule has 3 heterocycles. The molecular formula is C20H21N7O2. The van der Waals surface area contributed by atoms with Gasteiger partial charge in [-0.05, 0) is 41.7 Å². The van der Waals surface area contributed by atoms with E-state index < -0.39 is 11.9 Å². The number of pyridine rings is 1. The van der Waals surface area contributed by atoms with Crippen molar-refractivity contribution in [1.29, 1.82) is 0 Å². The molecule has 9 heteroatoms. The number of carbonyl (C=O) groups is 1. The lowest BCUT2D eigenvalue weighted by atomic mass is 9.83. The molecule has 4 rings (SSSR count). The van der Waals surface area contributed by atoms with E-state index in [1.807, 2.05) is 53.9 Å². The molecule has 0 aliphatic carbocycles. The van der Waals surface area contributed by atoms with Gasteiger partial charge in [0.15, 0.2) is 11.5 Å². The second kappa shape index (κ2) is 8.17. The van der Waals surface area contributed by atoms with Gasteiger partial charge in [-0.3, -0.25) is 9.20 Å². The lowest BCUT2D eigenvalue weighted by Crippen LogP contribution is -2.25. The number of nitrogens with zero attached hydrogens (tertiary/aromatic N) is 6. The highest BCUT2D eigenvalue weighted by atomic mass is 16.4. The molecule has 9 nitrogen and oxygen atoms in total. The van der Waals surface area contributed by atoms with E-state index in [0.717, 1.165) is 28.8 Å². The molecule has 0 saturated carbocycles. The van der Waals surface area contributed by atoms with Gasteiger partial charge in [0, 0.05) is 12.1 Å². The number of hydrogen-bond acceptors (Lipinski definition) is 6. The van der Waals surface area contributed by atoms with Crippen LogP contribution >= 0.6 is 0 Å². The van der Waals surface area contributed by atoms with Crippen LogP contribution in [0.2, 0.25) is 0 Å². The Balaban J connectivity index is 1.58. The Labute approximate surface area is 166 Å². The summed E-state index contributed by atoms with van der Waals surface area (Å²) in [5.74, 6) is -1.30. The molecule has 0 spiro atoms. The number of aromatic amines is 1. The number of rotatable bonds is 8. The molecule has 0 aliphatic heterocycles. The average Bonchev–Trinajstić information content (AvgIpc) is 3.42. The SMILES string of the molecule is CCCC(C(=O)O)C(Cc1ccc(-c2ccc3nncn3c2)cc1)c1nn[nH]n1. The zero-order valence-electron chi connectivity index (χ0n) is 15.9. The zero-order valence-corrected chi connectivity index (χ0v) is 15.9. The van der Waals surface area contributed by atoms with Crippen LogP contribution in [-0.4, -0.2) is 46.3 Å². The highest BCUT2D eigenvalue weighted by Gasteiger charge is 2.31. The van der Waals surface area contributed by atoms with Crippen LogP contribution in [0.4, 0.5) is 0 Å². The monoisotopic (exact) mass is 391 g/mol. The van der Waals surface area contributed by atoms with Crippen LogP contribution in [0.5, 0.6) is 0 Å². The van der Waals surface area contributed by atoms with E-state index in [4.69, 9.17) is 0 Å². The van der Waals surface area contributed by atoms with Gasteiger partial charge in [-0.15, -0.1) is 20.4 Å². The van der Waals surface area contributed by atoms with Gasteiger partial charge in [0.25, 0.3) is 0 Å². The van der Waals surface area contributed by atoms with Gasteiger partial charge in [0.1, 0.15) is 6.33 Å². The molecular weight excluding hydrogens is 370 g/mol. The van der Waals surface area contributed by atoms with Gasteiger partial charge in [-0.25, -0.2) is 0 Å². The lowest BCUT2D eigenvalue weighted by molar-refractivity contribution is -0.142. The Hall–Kier alpha value is -3.62. The van der Waals surface area contributed by atoms with Gasteiger partial charge in [0.2, 0.25) is 0 Å². The second-order valence-electron chi connectivity index (χ2n) is 7.03. The van der Waals surface area contributed by atoms with Gasteiger partial charge in [-0.2, -0.15) is 5.21 Å². The summed E-state index contributed by atoms with van der Waals surface area (Å²) in [5, 5.41) is 31.8. The third-order valence-corrected chi connectivity index (χ3v) is 5.13. The molecule has 0 bridgehead atoms. The van der Waals surface area contributed by atoms with Gasteiger partial charge >= 0.3 is 5.97 Å². The maximum Gasteiger partial charge on any atom is 0.307 e. The molecule has 148 valence electrons. The molecule has 0 aliphatic rings. The molecule has 0 radical (unpaired) electrons. The molecule has 0 saturated heterocycles. The van der Waals surface area contributed by atoms with Crippen molar-refractivity contribution in [2.75, 3.05) is 0 Å². The lowest BCUT2D eigenvalue weighted by Gasteiger charge is -2.21. The van der Waals surface area contributed by atoms with E-state index >= 15 is 0 Å². The minimum Gasteiger partial charge on any atom is -0.481 e. The van der Waals surface area contributed by atoms with E-state index in [0.29, 0.717) is 18.7 Å². The maximum absolute atomic E-state index is 11.8. The summed E-state index contributed by atoms with van der Waals surface area (Å²) in [7, 11) is 0. The van der Waals surface area contributed by atoms with Crippen molar-refractivity contribution in [3.63, 3.8) is 0 Å². The second-order valence-corrected chi connectivity index (χ2v) is 7.03. The summed E-state index contributed by atoms with van der Waals surface area (Å²) in [6, 6.07) is 12.0. The Kier molecular flexibility index (Phi) is 5.28. The predicted octanol–water partition coefficient (Wildman–Crippen LogP) is 2.74. The minimum absolute atomic E-state index is 0.342. The van der Waals surface area contributed by atoms with Crippen LogP contribution in [-0.2, 0) is 11.2 Å². The summed E-state index contributed by atoms with van der Waals surface area (Å²) < 4.78 is 1.87. The van der Waals surface area contributed by atoms with Gasteiger partial charge in [-0.1, -0.05) is 42.8 Å². The first-order valence-electron chi connectivity index (χ1n) is 9.50. The highest BCUT2D eigenvalue weighted by molar-refractivity contribution is 5.71. The maximum atomic E-state index is 11.8. The summed E-state index contributed by atoms with van der Waals surface area (Å²) in [4.78, 5) is 11.8. The van der Waals surface area contributed by atoms with Crippen molar-refractivity contribution in [2.24, 2.45) is 5.92 Å². The highest BCUT2D eigenvalue weighted by Crippen LogP contribution is 2.30. The van der Waals surface area contributed by atoms with Crippen molar-refractivity contribution in [2.45, 2.75) is 32.1 Å². The number of carboxylic acid groups (broad SMARTS) is 1. The van der Waals surface area contributed by atoms with E-state index in [-0.39, 0.29) is 5.92 Å². The van der Waals surface area contributed by atoms with Crippen LogP contribution in [0.1, 0.15) is 37.1 Å². The Morgan fingerprint density at radius 2 is 1.93 bits per heavy atom. The largest absolute Gasteiger partial charge is 0.481 e. The predicted molar refractivity (Wildman–Crippen MR) is 105 cm³/mol. The number of nitrogens with one attached hydrogen (secondary N) is 1. The third kappa shape index (κ3) is 3.98. The molecule has 3 aromatic heterocycles. The van der Waals surface area contributed by atoms with Crippen LogP contribution in [0, 0.1) is 5.92 Å². The van der Waals surface area contributed by atoms with Crippen molar-refractivity contribution in [3.05, 3.63) is 60.3 Å². The summed E-state index contributed by atoms with van der Waals surface area (Å²) >= 11 is 0. The first-order chi connectivity index (χ1) is 14.2. The molecule has 2 atom stereocenters. The van der Waals surface area contributed by atoms with Crippen LogP contribution in [0.15, 0.2) is 48.9 Å². The van der Waals surface area contributed by atoms with Crippen molar-refractivity contribution >= 4 is 11.6 Å². The summed E-state index contributed by atoms with van der Waals surface area (Å²) in [6.07, 6.45) is 5.51. The topological polar surface area (TPSA) is 122 Å². The molecule has 29 heavy (non-hydrogen) atoms. The molecule has 4 aromatic rings. The third-order valence-electron chi connectivity index (χ3n) is 5.13. The Bertz CT molecular complexity index is 1090.